The largest absolute Gasteiger partial charge is 0.497 e. The van der Waals surface area contributed by atoms with Crippen LogP contribution in [-0.2, 0) is 19.6 Å². The zero-order valence-corrected chi connectivity index (χ0v) is 21.4. The Balaban J connectivity index is 1.57. The van der Waals surface area contributed by atoms with Crippen molar-refractivity contribution in [3.8, 4) is 5.75 Å². The van der Waals surface area contributed by atoms with Gasteiger partial charge in [0.25, 0.3) is 0 Å². The molecule has 0 aliphatic carbocycles. The van der Waals surface area contributed by atoms with Crippen LogP contribution in [0, 0.1) is 5.92 Å². The number of rotatable bonds is 6. The summed E-state index contributed by atoms with van der Waals surface area (Å²) in [5, 5.41) is 2.80. The molecule has 1 aromatic rings. The number of carbonyl (C=O) groups is 2. The summed E-state index contributed by atoms with van der Waals surface area (Å²) >= 11 is 0. The number of sulfonamides is 1. The van der Waals surface area contributed by atoms with Crippen molar-refractivity contribution in [2.75, 3.05) is 33.3 Å². The third-order valence-corrected chi connectivity index (χ3v) is 8.20. The summed E-state index contributed by atoms with van der Waals surface area (Å²) in [5.41, 5.74) is -0.577. The van der Waals surface area contributed by atoms with Gasteiger partial charge in [-0.15, -0.1) is 0 Å². The molecule has 34 heavy (non-hydrogen) atoms. The fourth-order valence-electron chi connectivity index (χ4n) is 4.49. The van der Waals surface area contributed by atoms with Crippen LogP contribution in [0.2, 0.25) is 0 Å². The van der Waals surface area contributed by atoms with Crippen LogP contribution in [0.15, 0.2) is 29.2 Å². The average Bonchev–Trinajstić information content (AvgIpc) is 2.81. The third-order valence-electron chi connectivity index (χ3n) is 6.29. The quantitative estimate of drug-likeness (QED) is 0.651. The summed E-state index contributed by atoms with van der Waals surface area (Å²) in [4.78, 5) is 27.5. The molecule has 2 fully saturated rings. The predicted octanol–water partition coefficient (Wildman–Crippen LogP) is 3.00. The summed E-state index contributed by atoms with van der Waals surface area (Å²) in [6.07, 6.45) is 3.24. The first kappa shape index (κ1) is 26.3. The highest BCUT2D eigenvalue weighted by atomic mass is 32.2. The summed E-state index contributed by atoms with van der Waals surface area (Å²) in [7, 11) is -2.08. The molecule has 0 saturated carbocycles. The third kappa shape index (κ3) is 6.63. The Morgan fingerprint density at radius 3 is 2.26 bits per heavy atom. The number of alkyl carbamates (subject to hydrolysis) is 1. The van der Waals surface area contributed by atoms with Gasteiger partial charge in [-0.3, -0.25) is 4.79 Å². The lowest BCUT2D eigenvalue weighted by atomic mass is 9.93. The van der Waals surface area contributed by atoms with Crippen molar-refractivity contribution in [2.24, 2.45) is 5.92 Å². The second-order valence-electron chi connectivity index (χ2n) is 9.92. The number of likely N-dealkylation sites (tertiary alicyclic amines) is 1. The highest BCUT2D eigenvalue weighted by Crippen LogP contribution is 2.28. The first-order valence-electron chi connectivity index (χ1n) is 11.9. The second-order valence-corrected chi connectivity index (χ2v) is 11.9. The van der Waals surface area contributed by atoms with Crippen LogP contribution < -0.4 is 10.1 Å². The Kier molecular flexibility index (Phi) is 8.46. The maximum Gasteiger partial charge on any atom is 0.407 e. The molecule has 10 heteroatoms. The number of piperidine rings is 2. The van der Waals surface area contributed by atoms with Crippen molar-refractivity contribution >= 4 is 22.0 Å². The van der Waals surface area contributed by atoms with E-state index in [0.717, 1.165) is 19.3 Å². The van der Waals surface area contributed by atoms with E-state index in [1.165, 1.54) is 11.4 Å². The van der Waals surface area contributed by atoms with Crippen molar-refractivity contribution in [1.29, 1.82) is 0 Å². The van der Waals surface area contributed by atoms with Gasteiger partial charge in [0, 0.05) is 38.1 Å². The van der Waals surface area contributed by atoms with E-state index in [2.05, 4.69) is 5.32 Å². The minimum atomic E-state index is -3.61. The molecular weight excluding hydrogens is 458 g/mol. The minimum Gasteiger partial charge on any atom is -0.497 e. The van der Waals surface area contributed by atoms with Crippen LogP contribution in [0.25, 0.3) is 0 Å². The summed E-state index contributed by atoms with van der Waals surface area (Å²) in [5.74, 6) is 0.433. The van der Waals surface area contributed by atoms with E-state index >= 15 is 0 Å². The molecule has 1 N–H and O–H groups in total. The van der Waals surface area contributed by atoms with Gasteiger partial charge in [0.2, 0.25) is 15.9 Å². The molecule has 0 radical (unpaired) electrons. The molecule has 9 nitrogen and oxygen atoms in total. The maximum atomic E-state index is 13.3. The van der Waals surface area contributed by atoms with Crippen molar-refractivity contribution < 1.29 is 27.5 Å². The van der Waals surface area contributed by atoms with E-state index in [4.69, 9.17) is 9.47 Å². The van der Waals surface area contributed by atoms with Crippen LogP contribution in [0.5, 0.6) is 5.75 Å². The highest BCUT2D eigenvalue weighted by molar-refractivity contribution is 7.89. The van der Waals surface area contributed by atoms with Gasteiger partial charge in [0.05, 0.1) is 12.0 Å². The van der Waals surface area contributed by atoms with E-state index in [0.29, 0.717) is 44.8 Å². The molecule has 190 valence electrons. The molecule has 1 unspecified atom stereocenters. The molecule has 0 bridgehead atoms. The van der Waals surface area contributed by atoms with Gasteiger partial charge in [0.15, 0.2) is 0 Å². The zero-order valence-electron chi connectivity index (χ0n) is 20.6. The number of methoxy groups -OCH3 is 1. The zero-order chi connectivity index (χ0) is 24.9. The number of nitrogens with zero attached hydrogens (tertiary/aromatic N) is 2. The first-order chi connectivity index (χ1) is 16.0. The number of hydrogen-bond donors (Lipinski definition) is 1. The number of amides is 2. The van der Waals surface area contributed by atoms with Crippen molar-refractivity contribution in [1.82, 2.24) is 14.5 Å². The first-order valence-corrected chi connectivity index (χ1v) is 13.4. The molecular formula is C24H37N3O6S. The number of carbonyl (C=O) groups excluding carboxylic acids is 2. The van der Waals surface area contributed by atoms with Crippen LogP contribution >= 0.6 is 0 Å². The number of hydrogen-bond acceptors (Lipinski definition) is 6. The Hall–Kier alpha value is -2.33. The van der Waals surface area contributed by atoms with E-state index < -0.39 is 21.7 Å². The predicted molar refractivity (Wildman–Crippen MR) is 128 cm³/mol. The number of nitrogens with one attached hydrogen (secondary N) is 1. The fraction of sp³-hybridized carbons (Fsp3) is 0.667. The van der Waals surface area contributed by atoms with Crippen LogP contribution in [0.4, 0.5) is 4.79 Å². The van der Waals surface area contributed by atoms with Crippen molar-refractivity contribution in [3.63, 3.8) is 0 Å². The Morgan fingerprint density at radius 1 is 1.03 bits per heavy atom. The minimum absolute atomic E-state index is 0.0529. The maximum absolute atomic E-state index is 13.3. The molecule has 2 aliphatic heterocycles. The lowest BCUT2D eigenvalue weighted by Gasteiger charge is -2.40. The van der Waals surface area contributed by atoms with E-state index in [1.807, 2.05) is 25.7 Å². The topological polar surface area (TPSA) is 105 Å². The summed E-state index contributed by atoms with van der Waals surface area (Å²) in [6.45, 7) is 7.05. The van der Waals surface area contributed by atoms with Gasteiger partial charge in [-0.1, -0.05) is 0 Å². The Labute approximate surface area is 202 Å². The highest BCUT2D eigenvalue weighted by Gasteiger charge is 2.36. The molecule has 1 aromatic carbocycles. The molecule has 2 saturated heterocycles. The molecule has 1 atom stereocenters. The van der Waals surface area contributed by atoms with Gasteiger partial charge in [-0.2, -0.15) is 4.31 Å². The molecule has 0 aromatic heterocycles. The lowest BCUT2D eigenvalue weighted by molar-refractivity contribution is -0.140. The molecule has 0 spiro atoms. The van der Waals surface area contributed by atoms with Gasteiger partial charge >= 0.3 is 6.09 Å². The normalized spacial score (nSPS) is 20.6. The molecule has 3 rings (SSSR count). The Bertz CT molecular complexity index is 950. The molecule has 2 heterocycles. The lowest BCUT2D eigenvalue weighted by Crippen LogP contribution is -2.53. The van der Waals surface area contributed by atoms with E-state index in [9.17, 15) is 18.0 Å². The van der Waals surface area contributed by atoms with Crippen molar-refractivity contribution in [3.05, 3.63) is 24.3 Å². The van der Waals surface area contributed by atoms with Crippen LogP contribution in [0.3, 0.4) is 0 Å². The average molecular weight is 496 g/mol. The van der Waals surface area contributed by atoms with Gasteiger partial charge in [-0.05, 0) is 77.1 Å². The summed E-state index contributed by atoms with van der Waals surface area (Å²) in [6, 6.07) is 6.27. The Morgan fingerprint density at radius 2 is 1.68 bits per heavy atom. The fourth-order valence-corrected chi connectivity index (χ4v) is 5.96. The molecule has 2 amide bonds. The molecule has 2 aliphatic rings. The van der Waals surface area contributed by atoms with Crippen molar-refractivity contribution in [2.45, 2.75) is 69.4 Å². The standard InChI is InChI=1S/C24H37N3O6S/c1-24(2,3)33-23(29)25-17-19-7-5-6-14-27(19)22(28)18-12-15-26(16-13-18)34(30,31)21-10-8-20(32-4)9-11-21/h8-11,18-19H,5-7,12-17H2,1-4H3,(H,25,29). The van der Waals surface area contributed by atoms with E-state index in [1.54, 1.807) is 24.3 Å². The monoisotopic (exact) mass is 495 g/mol. The van der Waals surface area contributed by atoms with Gasteiger partial charge in [0.1, 0.15) is 11.4 Å². The number of benzene rings is 1. The smallest absolute Gasteiger partial charge is 0.407 e. The van der Waals surface area contributed by atoms with Crippen LogP contribution in [0.1, 0.15) is 52.9 Å². The van der Waals surface area contributed by atoms with Crippen LogP contribution in [-0.4, -0.2) is 74.6 Å². The second kappa shape index (κ2) is 10.9. The number of ether oxygens (including phenoxy) is 2. The summed E-state index contributed by atoms with van der Waals surface area (Å²) < 4.78 is 37.9. The van der Waals surface area contributed by atoms with Gasteiger partial charge < -0.3 is 19.7 Å². The van der Waals surface area contributed by atoms with E-state index in [-0.39, 0.29) is 22.8 Å². The van der Waals surface area contributed by atoms with Gasteiger partial charge in [-0.25, -0.2) is 13.2 Å². The SMILES string of the molecule is COc1ccc(S(=O)(=O)N2CCC(C(=O)N3CCCCC3CNC(=O)OC(C)(C)C)CC2)cc1.